The van der Waals surface area contributed by atoms with Crippen LogP contribution in [0.2, 0.25) is 5.02 Å². The number of aryl methyl sites for hydroxylation is 1. The summed E-state index contributed by atoms with van der Waals surface area (Å²) in [5, 5.41) is 3.86. The number of aromatic nitrogens is 2. The van der Waals surface area contributed by atoms with Crippen LogP contribution in [0.3, 0.4) is 0 Å². The molecule has 112 valence electrons. The molecule has 0 spiro atoms. The van der Waals surface area contributed by atoms with Gasteiger partial charge in [0.05, 0.1) is 15.7 Å². The summed E-state index contributed by atoms with van der Waals surface area (Å²) in [4.78, 5) is 22.0. The monoisotopic (exact) mass is 323 g/mol. The van der Waals surface area contributed by atoms with E-state index in [1.54, 1.807) is 23.6 Å². The first-order chi connectivity index (χ1) is 10.2. The van der Waals surface area contributed by atoms with E-state index in [1.807, 2.05) is 4.90 Å². The Hall–Kier alpha value is -1.33. The van der Waals surface area contributed by atoms with Crippen LogP contribution < -0.4 is 0 Å². The Morgan fingerprint density at radius 1 is 1.62 bits per heavy atom. The second kappa shape index (κ2) is 6.20. The number of hydrogen-bond donors (Lipinski definition) is 1. The molecule has 21 heavy (non-hydrogen) atoms. The quantitative estimate of drug-likeness (QED) is 0.936. The van der Waals surface area contributed by atoms with Gasteiger partial charge in [-0.3, -0.25) is 4.79 Å². The highest BCUT2D eigenvalue weighted by Crippen LogP contribution is 2.30. The number of nitrogens with zero attached hydrogens (tertiary/aromatic N) is 2. The van der Waals surface area contributed by atoms with E-state index in [2.05, 4.69) is 22.3 Å². The molecule has 1 aliphatic rings. The van der Waals surface area contributed by atoms with Crippen LogP contribution >= 0.6 is 22.9 Å². The van der Waals surface area contributed by atoms with Crippen molar-refractivity contribution in [3.05, 3.63) is 39.1 Å². The number of carbonyl (C=O) groups excluding carboxylic acids is 1. The molecule has 0 saturated carbocycles. The van der Waals surface area contributed by atoms with E-state index < -0.39 is 0 Å². The Morgan fingerprint density at radius 2 is 2.48 bits per heavy atom. The molecule has 0 aromatic carbocycles. The van der Waals surface area contributed by atoms with Crippen LogP contribution in [0.25, 0.3) is 0 Å². The maximum Gasteiger partial charge on any atom is 0.270 e. The van der Waals surface area contributed by atoms with Crippen molar-refractivity contribution in [3.63, 3.8) is 0 Å². The molecule has 1 saturated heterocycles. The Balaban J connectivity index is 1.72. The number of nitrogens with one attached hydrogen (secondary N) is 1. The maximum absolute atomic E-state index is 12.5. The Kier molecular flexibility index (Phi) is 4.31. The van der Waals surface area contributed by atoms with Crippen LogP contribution in [0.15, 0.2) is 17.6 Å². The number of amides is 1. The topological polar surface area (TPSA) is 49.0 Å². The highest BCUT2D eigenvalue weighted by atomic mass is 35.5. The van der Waals surface area contributed by atoms with Crippen molar-refractivity contribution < 1.29 is 4.79 Å². The Labute approximate surface area is 133 Å². The lowest BCUT2D eigenvalue weighted by Crippen LogP contribution is -2.39. The predicted octanol–water partition coefficient (Wildman–Crippen LogP) is 3.71. The van der Waals surface area contributed by atoms with Gasteiger partial charge in [0.15, 0.2) is 0 Å². The van der Waals surface area contributed by atoms with Crippen LogP contribution in [0.1, 0.15) is 46.9 Å². The second-order valence-corrected chi connectivity index (χ2v) is 6.68. The number of rotatable bonds is 3. The van der Waals surface area contributed by atoms with Crippen molar-refractivity contribution in [3.8, 4) is 0 Å². The van der Waals surface area contributed by atoms with Crippen LogP contribution in [-0.2, 0) is 6.42 Å². The smallest absolute Gasteiger partial charge is 0.270 e. The molecule has 2 aromatic rings. The van der Waals surface area contributed by atoms with Gasteiger partial charge in [0.1, 0.15) is 5.69 Å². The molecule has 0 bridgehead atoms. The van der Waals surface area contributed by atoms with Crippen LogP contribution in [0.5, 0.6) is 0 Å². The summed E-state index contributed by atoms with van der Waals surface area (Å²) in [5.41, 5.74) is 1.71. The van der Waals surface area contributed by atoms with Gasteiger partial charge >= 0.3 is 0 Å². The number of aromatic amines is 1. The van der Waals surface area contributed by atoms with Crippen LogP contribution in [0, 0.1) is 0 Å². The van der Waals surface area contributed by atoms with Gasteiger partial charge in [-0.05, 0) is 25.3 Å². The molecule has 1 amide bonds. The number of halogens is 1. The second-order valence-electron chi connectivity index (χ2n) is 5.35. The van der Waals surface area contributed by atoms with Gasteiger partial charge in [-0.25, -0.2) is 4.98 Å². The molecule has 1 aliphatic heterocycles. The Morgan fingerprint density at radius 3 is 3.14 bits per heavy atom. The highest BCUT2D eigenvalue weighted by Gasteiger charge is 2.27. The van der Waals surface area contributed by atoms with E-state index in [1.165, 1.54) is 0 Å². The zero-order valence-corrected chi connectivity index (χ0v) is 13.5. The van der Waals surface area contributed by atoms with Gasteiger partial charge in [0.25, 0.3) is 5.91 Å². The Bertz CT molecular complexity index is 636. The lowest BCUT2D eigenvalue weighted by atomic mass is 9.98. The normalized spacial score (nSPS) is 19.0. The molecule has 1 N–H and O–H groups in total. The summed E-state index contributed by atoms with van der Waals surface area (Å²) < 4.78 is 0. The minimum absolute atomic E-state index is 0.0267. The van der Waals surface area contributed by atoms with Crippen LogP contribution in [-0.4, -0.2) is 33.9 Å². The molecule has 2 aromatic heterocycles. The molecular formula is C15H18ClN3OS. The first-order valence-corrected chi connectivity index (χ1v) is 8.50. The zero-order chi connectivity index (χ0) is 14.8. The number of likely N-dealkylation sites (tertiary alicyclic amines) is 1. The third-order valence-electron chi connectivity index (χ3n) is 3.87. The fraction of sp³-hybridized carbons (Fsp3) is 0.467. The standard InChI is InChI=1S/C15H18ClN3OS/c1-2-12-9-21-14(18-12)10-4-3-5-19(8-10)15(20)13-6-11(16)7-17-13/h6-7,9-10,17H,2-5,8H2,1H3. The minimum Gasteiger partial charge on any atom is -0.356 e. The molecule has 0 aliphatic carbocycles. The van der Waals surface area contributed by atoms with Crippen molar-refractivity contribution in [1.29, 1.82) is 0 Å². The molecule has 3 heterocycles. The van der Waals surface area contributed by atoms with Gasteiger partial charge in [0, 0.05) is 30.6 Å². The van der Waals surface area contributed by atoms with Crippen molar-refractivity contribution in [2.24, 2.45) is 0 Å². The minimum atomic E-state index is 0.0267. The van der Waals surface area contributed by atoms with Crippen molar-refractivity contribution in [1.82, 2.24) is 14.9 Å². The van der Waals surface area contributed by atoms with E-state index in [0.29, 0.717) is 16.6 Å². The summed E-state index contributed by atoms with van der Waals surface area (Å²) in [7, 11) is 0. The zero-order valence-electron chi connectivity index (χ0n) is 11.9. The number of piperidine rings is 1. The molecular weight excluding hydrogens is 306 g/mol. The third-order valence-corrected chi connectivity index (χ3v) is 5.14. The molecule has 1 unspecified atom stereocenters. The largest absolute Gasteiger partial charge is 0.356 e. The SMILES string of the molecule is CCc1csc(C2CCCN(C(=O)c3cc(Cl)c[nH]3)C2)n1. The number of hydrogen-bond acceptors (Lipinski definition) is 3. The van der Waals surface area contributed by atoms with Crippen LogP contribution in [0.4, 0.5) is 0 Å². The van der Waals surface area contributed by atoms with Gasteiger partial charge in [-0.15, -0.1) is 11.3 Å². The molecule has 1 fully saturated rings. The lowest BCUT2D eigenvalue weighted by Gasteiger charge is -2.31. The lowest BCUT2D eigenvalue weighted by molar-refractivity contribution is 0.0702. The highest BCUT2D eigenvalue weighted by molar-refractivity contribution is 7.09. The van der Waals surface area contributed by atoms with Gasteiger partial charge in [-0.2, -0.15) is 0 Å². The molecule has 4 nitrogen and oxygen atoms in total. The predicted molar refractivity (Wildman–Crippen MR) is 85.2 cm³/mol. The molecule has 1 atom stereocenters. The van der Waals surface area contributed by atoms with Gasteiger partial charge in [0.2, 0.25) is 0 Å². The van der Waals surface area contributed by atoms with E-state index in [4.69, 9.17) is 11.6 Å². The summed E-state index contributed by atoms with van der Waals surface area (Å²) in [6.07, 6.45) is 4.73. The van der Waals surface area contributed by atoms with Crippen molar-refractivity contribution >= 4 is 28.8 Å². The third kappa shape index (κ3) is 3.14. The van der Waals surface area contributed by atoms with Gasteiger partial charge < -0.3 is 9.88 Å². The average Bonchev–Trinajstić information content (AvgIpc) is 3.15. The molecule has 3 rings (SSSR count). The summed E-state index contributed by atoms with van der Waals surface area (Å²) in [6, 6.07) is 1.69. The molecule has 0 radical (unpaired) electrons. The van der Waals surface area contributed by atoms with E-state index >= 15 is 0 Å². The van der Waals surface area contributed by atoms with Gasteiger partial charge in [-0.1, -0.05) is 18.5 Å². The summed E-state index contributed by atoms with van der Waals surface area (Å²) >= 11 is 7.59. The fourth-order valence-corrected chi connectivity index (χ4v) is 3.89. The molecule has 6 heteroatoms. The first kappa shape index (κ1) is 14.6. The first-order valence-electron chi connectivity index (χ1n) is 7.25. The number of thiazole rings is 1. The average molecular weight is 324 g/mol. The van der Waals surface area contributed by atoms with E-state index in [-0.39, 0.29) is 5.91 Å². The van der Waals surface area contributed by atoms with E-state index in [0.717, 1.165) is 43.1 Å². The van der Waals surface area contributed by atoms with Crippen molar-refractivity contribution in [2.45, 2.75) is 32.1 Å². The maximum atomic E-state index is 12.5. The summed E-state index contributed by atoms with van der Waals surface area (Å²) in [6.45, 7) is 3.66. The number of H-pyrrole nitrogens is 1. The van der Waals surface area contributed by atoms with E-state index in [9.17, 15) is 4.79 Å². The fourth-order valence-electron chi connectivity index (χ4n) is 2.70. The number of carbonyl (C=O) groups is 1. The summed E-state index contributed by atoms with van der Waals surface area (Å²) in [5.74, 6) is 0.386. The van der Waals surface area contributed by atoms with Crippen molar-refractivity contribution in [2.75, 3.05) is 13.1 Å².